The van der Waals surface area contributed by atoms with E-state index in [2.05, 4.69) is 10.6 Å². The molecule has 3 amide bonds. The number of anilines is 2. The molecule has 0 aliphatic carbocycles. The van der Waals surface area contributed by atoms with Gasteiger partial charge in [-0.1, -0.05) is 30.3 Å². The molecule has 160 valence electrons. The maximum Gasteiger partial charge on any atom is 0.323 e. The third-order valence-corrected chi connectivity index (χ3v) is 4.82. The Morgan fingerprint density at radius 1 is 1.17 bits per heavy atom. The first kappa shape index (κ1) is 21.8. The lowest BCUT2D eigenvalue weighted by Gasteiger charge is -2.38. The van der Waals surface area contributed by atoms with Gasteiger partial charge in [-0.15, -0.1) is 0 Å². The first-order valence-corrected chi connectivity index (χ1v) is 9.94. The Hall–Kier alpha value is -2.94. The predicted molar refractivity (Wildman–Crippen MR) is 113 cm³/mol. The van der Waals surface area contributed by atoms with E-state index in [0.29, 0.717) is 36.7 Å². The fraction of sp³-hybridized carbons (Fsp3) is 0.364. The van der Waals surface area contributed by atoms with Crippen molar-refractivity contribution in [2.75, 3.05) is 43.6 Å². The van der Waals surface area contributed by atoms with Crippen LogP contribution in [0.3, 0.4) is 0 Å². The molecule has 2 aromatic carbocycles. The molecule has 8 heteroatoms. The number of amides is 3. The largest absolute Gasteiger partial charge is 0.386 e. The highest BCUT2D eigenvalue weighted by Crippen LogP contribution is 2.25. The first-order valence-electron chi connectivity index (χ1n) is 9.94. The van der Waals surface area contributed by atoms with Gasteiger partial charge in [0.1, 0.15) is 12.7 Å². The van der Waals surface area contributed by atoms with Crippen molar-refractivity contribution in [2.24, 2.45) is 0 Å². The van der Waals surface area contributed by atoms with E-state index in [-0.39, 0.29) is 25.2 Å². The third-order valence-electron chi connectivity index (χ3n) is 4.82. The van der Waals surface area contributed by atoms with Crippen LogP contribution in [0.5, 0.6) is 0 Å². The number of nitrogens with one attached hydrogen (secondary N) is 2. The van der Waals surface area contributed by atoms with Crippen molar-refractivity contribution in [1.29, 1.82) is 0 Å². The smallest absolute Gasteiger partial charge is 0.323 e. The van der Waals surface area contributed by atoms with Crippen LogP contribution >= 0.6 is 0 Å². The Bertz CT molecular complexity index is 828. The second-order valence-electron chi connectivity index (χ2n) is 6.88. The molecule has 30 heavy (non-hydrogen) atoms. The Morgan fingerprint density at radius 3 is 2.50 bits per heavy atom. The summed E-state index contributed by atoms with van der Waals surface area (Å²) in [6.45, 7) is 3.52. The maximum absolute atomic E-state index is 12.2. The van der Waals surface area contributed by atoms with E-state index in [9.17, 15) is 14.7 Å². The van der Waals surface area contributed by atoms with Gasteiger partial charge in [-0.05, 0) is 36.8 Å². The molecule has 2 aromatic rings. The van der Waals surface area contributed by atoms with Crippen LogP contribution in [0.15, 0.2) is 54.6 Å². The lowest BCUT2D eigenvalue weighted by atomic mass is 10.00. The number of urea groups is 1. The number of benzene rings is 2. The highest BCUT2D eigenvalue weighted by molar-refractivity contribution is 5.99. The fourth-order valence-electron chi connectivity index (χ4n) is 3.28. The molecule has 2 atom stereocenters. The molecule has 0 saturated carbocycles. The number of carbonyl (C=O) groups is 2. The van der Waals surface area contributed by atoms with Crippen molar-refractivity contribution >= 4 is 23.3 Å². The monoisotopic (exact) mass is 413 g/mol. The zero-order valence-electron chi connectivity index (χ0n) is 16.9. The SMILES string of the molecule is CCOCCN1C(=O)COC[C@@H]1[C@H](O)c1ccc(NC(=O)Nc2ccccc2)cc1. The minimum atomic E-state index is -0.914. The van der Waals surface area contributed by atoms with Gasteiger partial charge in [0.15, 0.2) is 0 Å². The number of carbonyl (C=O) groups excluding carboxylic acids is 2. The van der Waals surface area contributed by atoms with E-state index in [4.69, 9.17) is 9.47 Å². The van der Waals surface area contributed by atoms with E-state index in [1.165, 1.54) is 0 Å². The predicted octanol–water partition coefficient (Wildman–Crippen LogP) is 2.63. The molecule has 0 radical (unpaired) electrons. The summed E-state index contributed by atoms with van der Waals surface area (Å²) in [7, 11) is 0. The number of ether oxygens (including phenoxy) is 2. The van der Waals surface area contributed by atoms with Gasteiger partial charge < -0.3 is 30.1 Å². The molecular formula is C22H27N3O5. The minimum Gasteiger partial charge on any atom is -0.386 e. The van der Waals surface area contributed by atoms with E-state index in [1.54, 1.807) is 41.3 Å². The van der Waals surface area contributed by atoms with Crippen LogP contribution in [-0.4, -0.2) is 61.0 Å². The highest BCUT2D eigenvalue weighted by atomic mass is 16.5. The minimum absolute atomic E-state index is 0.00866. The molecule has 0 aromatic heterocycles. The first-order chi connectivity index (χ1) is 14.6. The standard InChI is InChI=1S/C22H27N3O5/c1-2-29-13-12-25-19(14-30-15-20(25)26)21(27)16-8-10-18(11-9-16)24-22(28)23-17-6-4-3-5-7-17/h3-11,19,21,27H,2,12-15H2,1H3,(H2,23,24,28)/t19-,21-/m1/s1. The molecule has 1 aliphatic heterocycles. The summed E-state index contributed by atoms with van der Waals surface area (Å²) < 4.78 is 10.7. The van der Waals surface area contributed by atoms with Crippen molar-refractivity contribution in [2.45, 2.75) is 19.1 Å². The topological polar surface area (TPSA) is 100 Å². The average molecular weight is 413 g/mol. The summed E-state index contributed by atoms with van der Waals surface area (Å²) in [6, 6.07) is 15.1. The Balaban J connectivity index is 1.61. The number of para-hydroxylation sites is 1. The summed E-state index contributed by atoms with van der Waals surface area (Å²) in [5, 5.41) is 16.3. The Kier molecular flexibility index (Phi) is 7.78. The number of nitrogens with zero attached hydrogens (tertiary/aromatic N) is 1. The summed E-state index contributed by atoms with van der Waals surface area (Å²) in [6.07, 6.45) is -0.914. The van der Waals surface area contributed by atoms with Crippen LogP contribution in [-0.2, 0) is 14.3 Å². The van der Waals surface area contributed by atoms with Crippen molar-refractivity contribution in [3.63, 3.8) is 0 Å². The molecule has 1 saturated heterocycles. The summed E-state index contributed by atoms with van der Waals surface area (Å²) >= 11 is 0. The molecule has 3 N–H and O–H groups in total. The zero-order valence-corrected chi connectivity index (χ0v) is 16.9. The third kappa shape index (κ3) is 5.79. The van der Waals surface area contributed by atoms with Gasteiger partial charge in [-0.3, -0.25) is 4.79 Å². The normalized spacial score (nSPS) is 17.5. The molecule has 1 heterocycles. The maximum atomic E-state index is 12.2. The second-order valence-corrected chi connectivity index (χ2v) is 6.88. The van der Waals surface area contributed by atoms with Crippen LogP contribution in [0.1, 0.15) is 18.6 Å². The zero-order chi connectivity index (χ0) is 21.3. The van der Waals surface area contributed by atoms with Crippen molar-refractivity contribution < 1.29 is 24.2 Å². The summed E-state index contributed by atoms with van der Waals surface area (Å²) in [5.74, 6) is -0.166. The van der Waals surface area contributed by atoms with Gasteiger partial charge in [0.2, 0.25) is 5.91 Å². The van der Waals surface area contributed by atoms with Gasteiger partial charge in [0.25, 0.3) is 0 Å². The summed E-state index contributed by atoms with van der Waals surface area (Å²) in [4.78, 5) is 26.0. The molecule has 3 rings (SSSR count). The van der Waals surface area contributed by atoms with Crippen molar-refractivity contribution in [1.82, 2.24) is 4.90 Å². The van der Waals surface area contributed by atoms with Crippen LogP contribution < -0.4 is 10.6 Å². The van der Waals surface area contributed by atoms with Gasteiger partial charge in [0.05, 0.1) is 19.3 Å². The lowest BCUT2D eigenvalue weighted by molar-refractivity contribution is -0.155. The van der Waals surface area contributed by atoms with E-state index >= 15 is 0 Å². The number of hydrogen-bond donors (Lipinski definition) is 3. The molecular weight excluding hydrogens is 386 g/mol. The number of hydrogen-bond acceptors (Lipinski definition) is 5. The van der Waals surface area contributed by atoms with Crippen LogP contribution in [0.2, 0.25) is 0 Å². The van der Waals surface area contributed by atoms with Crippen LogP contribution in [0.25, 0.3) is 0 Å². The van der Waals surface area contributed by atoms with Crippen molar-refractivity contribution in [3.8, 4) is 0 Å². The quantitative estimate of drug-likeness (QED) is 0.578. The fourth-order valence-corrected chi connectivity index (χ4v) is 3.28. The molecule has 0 spiro atoms. The van der Waals surface area contributed by atoms with Gasteiger partial charge >= 0.3 is 6.03 Å². The summed E-state index contributed by atoms with van der Waals surface area (Å²) in [5.41, 5.74) is 1.91. The average Bonchev–Trinajstić information content (AvgIpc) is 2.75. The molecule has 8 nitrogen and oxygen atoms in total. The van der Waals surface area contributed by atoms with E-state index in [0.717, 1.165) is 0 Å². The molecule has 0 unspecified atom stereocenters. The van der Waals surface area contributed by atoms with E-state index < -0.39 is 12.1 Å². The number of morpholine rings is 1. The number of aliphatic hydroxyl groups is 1. The van der Waals surface area contributed by atoms with Gasteiger partial charge in [-0.2, -0.15) is 0 Å². The van der Waals surface area contributed by atoms with Crippen LogP contribution in [0, 0.1) is 0 Å². The Morgan fingerprint density at radius 2 is 1.83 bits per heavy atom. The van der Waals surface area contributed by atoms with Gasteiger partial charge in [-0.25, -0.2) is 4.79 Å². The van der Waals surface area contributed by atoms with Crippen LogP contribution in [0.4, 0.5) is 16.2 Å². The Labute approximate surface area is 175 Å². The van der Waals surface area contributed by atoms with Gasteiger partial charge in [0, 0.05) is 24.5 Å². The number of aliphatic hydroxyl groups excluding tert-OH is 1. The number of rotatable bonds is 8. The molecule has 1 aliphatic rings. The van der Waals surface area contributed by atoms with Crippen molar-refractivity contribution in [3.05, 3.63) is 60.2 Å². The lowest BCUT2D eigenvalue weighted by Crippen LogP contribution is -2.53. The van der Waals surface area contributed by atoms with E-state index in [1.807, 2.05) is 25.1 Å². The molecule has 1 fully saturated rings. The molecule has 0 bridgehead atoms. The highest BCUT2D eigenvalue weighted by Gasteiger charge is 2.34. The second kappa shape index (κ2) is 10.7.